The lowest BCUT2D eigenvalue weighted by atomic mass is 9.83. The summed E-state index contributed by atoms with van der Waals surface area (Å²) in [6.07, 6.45) is 1.80. The molecular weight excluding hydrogens is 245 g/mol. The molecule has 0 heterocycles. The van der Waals surface area contributed by atoms with Gasteiger partial charge in [0.05, 0.1) is 7.11 Å². The van der Waals surface area contributed by atoms with Gasteiger partial charge in [-0.25, -0.2) is 4.39 Å². The molecule has 0 aromatic heterocycles. The third-order valence-electron chi connectivity index (χ3n) is 3.91. The predicted molar refractivity (Wildman–Crippen MR) is 74.8 cm³/mol. The van der Waals surface area contributed by atoms with Gasteiger partial charge in [-0.15, -0.1) is 0 Å². The fourth-order valence-corrected chi connectivity index (χ4v) is 2.04. The molecule has 0 saturated carbocycles. The maximum absolute atomic E-state index is 13.7. The highest BCUT2D eigenvalue weighted by molar-refractivity contribution is 5.28. The Balaban J connectivity index is 2.57. The van der Waals surface area contributed by atoms with Crippen molar-refractivity contribution in [3.63, 3.8) is 0 Å². The van der Waals surface area contributed by atoms with Crippen molar-refractivity contribution in [2.75, 3.05) is 20.3 Å². The summed E-state index contributed by atoms with van der Waals surface area (Å²) in [7, 11) is 1.52. The Morgan fingerprint density at radius 1 is 1.32 bits per heavy atom. The van der Waals surface area contributed by atoms with E-state index in [1.54, 1.807) is 12.1 Å². The number of ether oxygens (including phenoxy) is 1. The van der Waals surface area contributed by atoms with E-state index in [2.05, 4.69) is 19.2 Å². The molecule has 3 nitrogen and oxygen atoms in total. The molecule has 0 fully saturated rings. The van der Waals surface area contributed by atoms with Crippen LogP contribution in [-0.4, -0.2) is 25.4 Å². The maximum Gasteiger partial charge on any atom is 0.131 e. The molecule has 1 rings (SSSR count). The molecule has 108 valence electrons. The molecule has 1 aromatic carbocycles. The summed E-state index contributed by atoms with van der Waals surface area (Å²) < 4.78 is 18.7. The SMILES string of the molecule is CCC(CC)(CO)CNCc1ccc(OC)cc1F. The second-order valence-corrected chi connectivity index (χ2v) is 4.93. The number of nitrogens with one attached hydrogen (secondary N) is 1. The van der Waals surface area contributed by atoms with Gasteiger partial charge in [0.1, 0.15) is 11.6 Å². The van der Waals surface area contributed by atoms with Crippen molar-refractivity contribution >= 4 is 0 Å². The minimum Gasteiger partial charge on any atom is -0.497 e. The van der Waals surface area contributed by atoms with Crippen molar-refractivity contribution in [3.05, 3.63) is 29.6 Å². The van der Waals surface area contributed by atoms with E-state index in [1.807, 2.05) is 0 Å². The molecule has 4 heteroatoms. The highest BCUT2D eigenvalue weighted by atomic mass is 19.1. The number of halogens is 1. The Morgan fingerprint density at radius 3 is 2.47 bits per heavy atom. The first-order valence-corrected chi connectivity index (χ1v) is 6.74. The molecule has 0 bridgehead atoms. The zero-order valence-corrected chi connectivity index (χ0v) is 12.0. The number of hydrogen-bond donors (Lipinski definition) is 2. The van der Waals surface area contributed by atoms with E-state index < -0.39 is 0 Å². The molecule has 1 aromatic rings. The highest BCUT2D eigenvalue weighted by Crippen LogP contribution is 2.24. The van der Waals surface area contributed by atoms with Gasteiger partial charge < -0.3 is 15.2 Å². The second-order valence-electron chi connectivity index (χ2n) is 4.93. The van der Waals surface area contributed by atoms with Crippen LogP contribution in [-0.2, 0) is 6.54 Å². The van der Waals surface area contributed by atoms with Crippen molar-refractivity contribution in [2.24, 2.45) is 5.41 Å². The topological polar surface area (TPSA) is 41.5 Å². The number of aliphatic hydroxyl groups is 1. The van der Waals surface area contributed by atoms with Crippen LogP contribution in [0.2, 0.25) is 0 Å². The van der Waals surface area contributed by atoms with Crippen LogP contribution in [0.15, 0.2) is 18.2 Å². The van der Waals surface area contributed by atoms with E-state index in [9.17, 15) is 9.50 Å². The normalized spacial score (nSPS) is 11.6. The van der Waals surface area contributed by atoms with Crippen LogP contribution in [0.3, 0.4) is 0 Å². The van der Waals surface area contributed by atoms with E-state index in [-0.39, 0.29) is 17.8 Å². The predicted octanol–water partition coefficient (Wildman–Crippen LogP) is 2.72. The molecule has 0 amide bonds. The Labute approximate surface area is 114 Å². The standard InChI is InChI=1S/C15H24FNO2/c1-4-15(5-2,11-18)10-17-9-12-6-7-13(19-3)8-14(12)16/h6-8,17-18H,4-5,9-11H2,1-3H3. The van der Waals surface area contributed by atoms with E-state index in [4.69, 9.17) is 4.74 Å². The lowest BCUT2D eigenvalue weighted by Crippen LogP contribution is -2.36. The number of hydrogen-bond acceptors (Lipinski definition) is 3. The van der Waals surface area contributed by atoms with Crippen molar-refractivity contribution in [1.29, 1.82) is 0 Å². The first-order valence-electron chi connectivity index (χ1n) is 6.74. The maximum atomic E-state index is 13.7. The molecule has 0 aliphatic heterocycles. The van der Waals surface area contributed by atoms with Crippen LogP contribution in [0.5, 0.6) is 5.75 Å². The van der Waals surface area contributed by atoms with Crippen LogP contribution in [0.25, 0.3) is 0 Å². The molecule has 0 spiro atoms. The summed E-state index contributed by atoms with van der Waals surface area (Å²) in [5.41, 5.74) is 0.503. The first-order chi connectivity index (χ1) is 9.10. The smallest absolute Gasteiger partial charge is 0.131 e. The summed E-state index contributed by atoms with van der Waals surface area (Å²) in [4.78, 5) is 0. The van der Waals surface area contributed by atoms with E-state index in [1.165, 1.54) is 13.2 Å². The molecule has 0 radical (unpaired) electrons. The van der Waals surface area contributed by atoms with Gasteiger partial charge in [-0.1, -0.05) is 19.9 Å². The largest absolute Gasteiger partial charge is 0.497 e. The zero-order chi connectivity index (χ0) is 14.3. The van der Waals surface area contributed by atoms with Gasteiger partial charge in [0.15, 0.2) is 0 Å². The molecule has 19 heavy (non-hydrogen) atoms. The Hall–Kier alpha value is -1.13. The molecule has 0 saturated heterocycles. The summed E-state index contributed by atoms with van der Waals surface area (Å²) in [6.45, 7) is 5.42. The number of aliphatic hydroxyl groups excluding tert-OH is 1. The van der Waals surface area contributed by atoms with Gasteiger partial charge in [-0.2, -0.15) is 0 Å². The quantitative estimate of drug-likeness (QED) is 0.762. The first kappa shape index (κ1) is 15.9. The number of methoxy groups -OCH3 is 1. The minimum absolute atomic E-state index is 0.108. The van der Waals surface area contributed by atoms with Crippen molar-refractivity contribution < 1.29 is 14.2 Å². The molecule has 0 aliphatic carbocycles. The number of rotatable bonds is 8. The van der Waals surface area contributed by atoms with Crippen molar-refractivity contribution in [2.45, 2.75) is 33.2 Å². The fraction of sp³-hybridized carbons (Fsp3) is 0.600. The minimum atomic E-state index is -0.269. The Bertz CT molecular complexity index is 383. The van der Waals surface area contributed by atoms with Gasteiger partial charge >= 0.3 is 0 Å². The third kappa shape index (κ3) is 4.18. The van der Waals surface area contributed by atoms with Gasteiger partial charge in [-0.05, 0) is 18.9 Å². The zero-order valence-electron chi connectivity index (χ0n) is 12.0. The second kappa shape index (κ2) is 7.46. The monoisotopic (exact) mass is 269 g/mol. The fourth-order valence-electron chi connectivity index (χ4n) is 2.04. The summed E-state index contributed by atoms with van der Waals surface area (Å²) in [5, 5.41) is 12.7. The molecule has 2 N–H and O–H groups in total. The van der Waals surface area contributed by atoms with Gasteiger partial charge in [-0.3, -0.25) is 0 Å². The van der Waals surface area contributed by atoms with Crippen LogP contribution in [0, 0.1) is 11.2 Å². The average molecular weight is 269 g/mol. The van der Waals surface area contributed by atoms with Gasteiger partial charge in [0.2, 0.25) is 0 Å². The summed E-state index contributed by atoms with van der Waals surface area (Å²) in [5.74, 6) is 0.252. The van der Waals surface area contributed by atoms with Crippen molar-refractivity contribution in [3.8, 4) is 5.75 Å². The number of benzene rings is 1. The lowest BCUT2D eigenvalue weighted by Gasteiger charge is -2.29. The van der Waals surface area contributed by atoms with Gasteiger partial charge in [0.25, 0.3) is 0 Å². The van der Waals surface area contributed by atoms with Crippen LogP contribution in [0.4, 0.5) is 4.39 Å². The van der Waals surface area contributed by atoms with Crippen LogP contribution in [0.1, 0.15) is 32.3 Å². The lowest BCUT2D eigenvalue weighted by molar-refractivity contribution is 0.113. The third-order valence-corrected chi connectivity index (χ3v) is 3.91. The van der Waals surface area contributed by atoms with Crippen LogP contribution >= 0.6 is 0 Å². The van der Waals surface area contributed by atoms with E-state index in [0.29, 0.717) is 24.4 Å². The van der Waals surface area contributed by atoms with E-state index >= 15 is 0 Å². The molecule has 0 aliphatic rings. The molecule has 0 unspecified atom stereocenters. The van der Waals surface area contributed by atoms with E-state index in [0.717, 1.165) is 12.8 Å². The van der Waals surface area contributed by atoms with Crippen molar-refractivity contribution in [1.82, 2.24) is 5.32 Å². The summed E-state index contributed by atoms with van der Waals surface area (Å²) in [6, 6.07) is 4.86. The Morgan fingerprint density at radius 2 is 2.00 bits per heavy atom. The highest BCUT2D eigenvalue weighted by Gasteiger charge is 2.24. The molecular formula is C15H24FNO2. The average Bonchev–Trinajstić information content (AvgIpc) is 2.45. The Kier molecular flexibility index (Phi) is 6.25. The van der Waals surface area contributed by atoms with Gasteiger partial charge in [0, 0.05) is 36.7 Å². The molecule has 0 atom stereocenters. The van der Waals surface area contributed by atoms with Crippen LogP contribution < -0.4 is 10.1 Å². The summed E-state index contributed by atoms with van der Waals surface area (Å²) >= 11 is 0.